The molecule has 152 valence electrons. The van der Waals surface area contributed by atoms with Crippen LogP contribution >= 0.6 is 0 Å². The lowest BCUT2D eigenvalue weighted by Gasteiger charge is -2.11. The molecule has 0 aliphatic rings. The fourth-order valence-corrected chi connectivity index (χ4v) is 2.20. The molecule has 0 saturated carbocycles. The summed E-state index contributed by atoms with van der Waals surface area (Å²) in [6, 6.07) is 14.5. The van der Waals surface area contributed by atoms with E-state index in [4.69, 9.17) is 0 Å². The molecule has 0 N–H and O–H groups in total. The van der Waals surface area contributed by atoms with Crippen LogP contribution in [-0.2, 0) is 0 Å². The van der Waals surface area contributed by atoms with Crippen LogP contribution in [0.4, 0.5) is 13.2 Å². The zero-order chi connectivity index (χ0) is 21.2. The second kappa shape index (κ2) is 11.4. The van der Waals surface area contributed by atoms with Crippen LogP contribution in [0.15, 0.2) is 60.7 Å². The average Bonchev–Trinajstić information content (AvgIpc) is 2.59. The van der Waals surface area contributed by atoms with E-state index in [1.54, 1.807) is 18.2 Å². The minimum absolute atomic E-state index is 0.174. The Morgan fingerprint density at radius 3 is 1.71 bits per heavy atom. The molecule has 0 aromatic heterocycles. The highest BCUT2D eigenvalue weighted by molar-refractivity contribution is 5.57. The van der Waals surface area contributed by atoms with Crippen LogP contribution in [0.2, 0.25) is 0 Å². The van der Waals surface area contributed by atoms with E-state index in [9.17, 15) is 13.2 Å². The van der Waals surface area contributed by atoms with Gasteiger partial charge in [-0.3, -0.25) is 0 Å². The fourth-order valence-electron chi connectivity index (χ4n) is 2.20. The second-order valence-electron chi connectivity index (χ2n) is 7.15. The molecule has 0 amide bonds. The van der Waals surface area contributed by atoms with Gasteiger partial charge >= 0.3 is 6.36 Å². The normalized spacial score (nSPS) is 11.9. The lowest BCUT2D eigenvalue weighted by Crippen LogP contribution is -2.17. The van der Waals surface area contributed by atoms with E-state index >= 15 is 0 Å². The summed E-state index contributed by atoms with van der Waals surface area (Å²) in [6.45, 7) is 10.4. The summed E-state index contributed by atoms with van der Waals surface area (Å²) in [5.74, 6) is 0.732. The van der Waals surface area contributed by atoms with Crippen molar-refractivity contribution in [2.75, 3.05) is 0 Å². The van der Waals surface area contributed by atoms with Gasteiger partial charge in [0.05, 0.1) is 0 Å². The van der Waals surface area contributed by atoms with Crippen LogP contribution in [0.5, 0.6) is 5.75 Å². The summed E-state index contributed by atoms with van der Waals surface area (Å²) in [5, 5.41) is 0. The van der Waals surface area contributed by atoms with Gasteiger partial charge in [-0.25, -0.2) is 0 Å². The fraction of sp³-hybridized carbons (Fsp3) is 0.333. The van der Waals surface area contributed by atoms with Crippen LogP contribution in [0, 0.1) is 18.8 Å². The summed E-state index contributed by atoms with van der Waals surface area (Å²) >= 11 is 0. The molecule has 0 fully saturated rings. The van der Waals surface area contributed by atoms with Gasteiger partial charge < -0.3 is 4.74 Å². The van der Waals surface area contributed by atoms with Crippen LogP contribution < -0.4 is 4.74 Å². The first kappa shape index (κ1) is 23.5. The minimum Gasteiger partial charge on any atom is -0.405 e. The molecule has 0 unspecified atom stereocenters. The number of aryl methyl sites for hydroxylation is 1. The summed E-state index contributed by atoms with van der Waals surface area (Å²) in [7, 11) is 0. The van der Waals surface area contributed by atoms with Crippen molar-refractivity contribution in [1.82, 2.24) is 0 Å². The summed E-state index contributed by atoms with van der Waals surface area (Å²) in [4.78, 5) is 0. The van der Waals surface area contributed by atoms with E-state index in [0.717, 1.165) is 0 Å². The Morgan fingerprint density at radius 2 is 1.21 bits per heavy atom. The largest absolute Gasteiger partial charge is 0.573 e. The number of benzene rings is 2. The maximum absolute atomic E-state index is 12.1. The molecule has 0 bridgehead atoms. The maximum Gasteiger partial charge on any atom is 0.573 e. The van der Waals surface area contributed by atoms with E-state index in [1.807, 2.05) is 19.9 Å². The Balaban J connectivity index is 0.000000292. The highest BCUT2D eigenvalue weighted by Gasteiger charge is 2.31. The van der Waals surface area contributed by atoms with Crippen LogP contribution in [-0.4, -0.2) is 6.36 Å². The number of hydrogen-bond acceptors (Lipinski definition) is 1. The van der Waals surface area contributed by atoms with Gasteiger partial charge in [0.1, 0.15) is 5.75 Å². The molecule has 1 nitrogen and oxygen atoms in total. The number of rotatable bonds is 5. The molecular weight excluding hydrogens is 361 g/mol. The van der Waals surface area contributed by atoms with Crippen molar-refractivity contribution >= 4 is 12.2 Å². The number of ether oxygens (including phenoxy) is 1. The van der Waals surface area contributed by atoms with E-state index in [-0.39, 0.29) is 11.7 Å². The van der Waals surface area contributed by atoms with Crippen LogP contribution in [0.3, 0.4) is 0 Å². The molecule has 0 aliphatic carbocycles. The van der Waals surface area contributed by atoms with E-state index in [0.29, 0.717) is 11.5 Å². The molecule has 0 saturated heterocycles. The SMILES string of the molecule is CC(C)/C=C/c1ccccc1OC(F)(F)F.Cc1ccccc1/C=C/C(C)C. The third kappa shape index (κ3) is 10.0. The smallest absolute Gasteiger partial charge is 0.405 e. The minimum atomic E-state index is -4.65. The predicted octanol–water partition coefficient (Wildman–Crippen LogP) is 7.92. The summed E-state index contributed by atoms with van der Waals surface area (Å²) < 4.78 is 40.1. The van der Waals surface area contributed by atoms with Gasteiger partial charge in [0.2, 0.25) is 0 Å². The Kier molecular flexibility index (Phi) is 9.57. The molecule has 2 aromatic rings. The van der Waals surface area contributed by atoms with Crippen molar-refractivity contribution < 1.29 is 17.9 Å². The monoisotopic (exact) mass is 390 g/mol. The number of hydrogen-bond donors (Lipinski definition) is 0. The van der Waals surface area contributed by atoms with E-state index in [2.05, 4.69) is 61.9 Å². The predicted molar refractivity (Wildman–Crippen MR) is 112 cm³/mol. The van der Waals surface area contributed by atoms with E-state index in [1.165, 1.54) is 23.3 Å². The topological polar surface area (TPSA) is 9.23 Å². The van der Waals surface area contributed by atoms with Crippen molar-refractivity contribution in [3.8, 4) is 5.75 Å². The Morgan fingerprint density at radius 1 is 0.750 bits per heavy atom. The second-order valence-corrected chi connectivity index (χ2v) is 7.15. The Labute approximate surface area is 166 Å². The number of para-hydroxylation sites is 1. The molecule has 0 spiro atoms. The molecule has 0 radical (unpaired) electrons. The van der Waals surface area contributed by atoms with Gasteiger partial charge in [0.25, 0.3) is 0 Å². The van der Waals surface area contributed by atoms with Gasteiger partial charge in [0, 0.05) is 5.56 Å². The van der Waals surface area contributed by atoms with Gasteiger partial charge in [0.15, 0.2) is 0 Å². The highest BCUT2D eigenvalue weighted by atomic mass is 19.4. The highest BCUT2D eigenvalue weighted by Crippen LogP contribution is 2.27. The quantitative estimate of drug-likeness (QED) is 0.504. The van der Waals surface area contributed by atoms with Crippen molar-refractivity contribution in [3.63, 3.8) is 0 Å². The van der Waals surface area contributed by atoms with Gasteiger partial charge in [-0.2, -0.15) is 0 Å². The first-order valence-electron chi connectivity index (χ1n) is 9.35. The molecule has 0 heterocycles. The Bertz CT molecular complexity index is 771. The lowest BCUT2D eigenvalue weighted by atomic mass is 10.1. The molecule has 2 rings (SSSR count). The van der Waals surface area contributed by atoms with Gasteiger partial charge in [-0.1, -0.05) is 94.5 Å². The van der Waals surface area contributed by atoms with Crippen molar-refractivity contribution in [3.05, 3.63) is 77.4 Å². The van der Waals surface area contributed by atoms with Crippen molar-refractivity contribution in [1.29, 1.82) is 0 Å². The average molecular weight is 390 g/mol. The molecule has 0 aliphatic heterocycles. The number of alkyl halides is 3. The third-order valence-electron chi connectivity index (χ3n) is 3.65. The first-order chi connectivity index (χ1) is 13.1. The zero-order valence-electron chi connectivity index (χ0n) is 17.1. The molecule has 2 aromatic carbocycles. The van der Waals surface area contributed by atoms with E-state index < -0.39 is 6.36 Å². The molecule has 4 heteroatoms. The summed E-state index contributed by atoms with van der Waals surface area (Å²) in [5.41, 5.74) is 3.09. The summed E-state index contributed by atoms with van der Waals surface area (Å²) in [6.07, 6.45) is 3.22. The number of allylic oxidation sites excluding steroid dienone is 2. The van der Waals surface area contributed by atoms with Gasteiger partial charge in [-0.05, 0) is 36.0 Å². The van der Waals surface area contributed by atoms with Crippen LogP contribution in [0.25, 0.3) is 12.2 Å². The standard InChI is InChI=1S/C12H13F3O.C12H16/c1-9(2)7-8-10-5-3-4-6-11(10)16-12(13,14)15;1-10(2)8-9-12-7-5-4-6-11(12)3/h3-9H,1-2H3;4-10H,1-3H3/b8-7+;9-8+. The zero-order valence-corrected chi connectivity index (χ0v) is 17.1. The maximum atomic E-state index is 12.1. The third-order valence-corrected chi connectivity index (χ3v) is 3.65. The number of halogens is 3. The Hall–Kier alpha value is -2.49. The molecule has 0 atom stereocenters. The van der Waals surface area contributed by atoms with Gasteiger partial charge in [-0.15, -0.1) is 13.2 Å². The lowest BCUT2D eigenvalue weighted by molar-refractivity contribution is -0.274. The molecular formula is C24H29F3O. The van der Waals surface area contributed by atoms with Crippen LogP contribution in [0.1, 0.15) is 44.4 Å². The van der Waals surface area contributed by atoms with Crippen molar-refractivity contribution in [2.24, 2.45) is 11.8 Å². The molecule has 28 heavy (non-hydrogen) atoms. The first-order valence-corrected chi connectivity index (χ1v) is 9.35. The van der Waals surface area contributed by atoms with Crippen molar-refractivity contribution in [2.45, 2.75) is 41.0 Å².